The highest BCUT2D eigenvalue weighted by Gasteiger charge is 2.35. The lowest BCUT2D eigenvalue weighted by Crippen LogP contribution is -2.60. The maximum atomic E-state index is 14.6. The summed E-state index contributed by atoms with van der Waals surface area (Å²) in [5.41, 5.74) is 0. The zero-order chi connectivity index (χ0) is 26.2. The average molecular weight is 496 g/mol. The van der Waals surface area contributed by atoms with E-state index >= 15 is 0 Å². The van der Waals surface area contributed by atoms with E-state index in [1.807, 2.05) is 0 Å². The molecule has 0 aliphatic carbocycles. The fourth-order valence-corrected chi connectivity index (χ4v) is 6.10. The van der Waals surface area contributed by atoms with E-state index < -0.39 is 0 Å². The fraction of sp³-hybridized carbons (Fsp3) is 1.00. The zero-order valence-corrected chi connectivity index (χ0v) is 25.6. The van der Waals surface area contributed by atoms with Crippen LogP contribution in [-0.2, 0) is 0 Å². The van der Waals surface area contributed by atoms with Gasteiger partial charge in [0.2, 0.25) is 0 Å². The van der Waals surface area contributed by atoms with Crippen molar-refractivity contribution in [2.24, 2.45) is 0 Å². The molecule has 0 saturated heterocycles. The first-order valence-electron chi connectivity index (χ1n) is 16.5. The average Bonchev–Trinajstić information content (AvgIpc) is 2.86. The van der Waals surface area contributed by atoms with Crippen LogP contribution < -0.4 is 0 Å². The second-order valence-corrected chi connectivity index (χ2v) is 12.0. The normalized spacial score (nSPS) is 16.2. The summed E-state index contributed by atoms with van der Waals surface area (Å²) < 4.78 is 0.0709. The second kappa shape index (κ2) is 24.3. The van der Waals surface area contributed by atoms with Crippen molar-refractivity contribution >= 4 is 0 Å². The van der Waals surface area contributed by atoms with E-state index in [0.717, 1.165) is 19.3 Å². The number of nitrogens with zero attached hydrogens (tertiary/aromatic N) is 1. The smallest absolute Gasteiger partial charge is 0.0862 e. The van der Waals surface area contributed by atoms with Gasteiger partial charge < -0.3 is 9.85 Å². The highest BCUT2D eigenvalue weighted by Crippen LogP contribution is 2.32. The monoisotopic (exact) mass is 496 g/mol. The van der Waals surface area contributed by atoms with Crippen molar-refractivity contribution in [3.63, 3.8) is 0 Å². The highest BCUT2D eigenvalue weighted by atomic mass is 16.6. The molecule has 0 bridgehead atoms. The highest BCUT2D eigenvalue weighted by molar-refractivity contribution is 4.69. The SMILES string of the molecule is CCCCCCCCCC(C)[N+]([O-])(C(C)CCCCCCCCC)C(C)CCCCCCCCC. The molecule has 0 fully saturated rings. The van der Waals surface area contributed by atoms with Gasteiger partial charge in [0, 0.05) is 0 Å². The van der Waals surface area contributed by atoms with Gasteiger partial charge in [0.05, 0.1) is 18.1 Å². The molecule has 0 saturated carbocycles. The first kappa shape index (κ1) is 34.9. The van der Waals surface area contributed by atoms with E-state index in [1.165, 1.54) is 135 Å². The summed E-state index contributed by atoms with van der Waals surface area (Å²) in [4.78, 5) is 0. The van der Waals surface area contributed by atoms with Crippen molar-refractivity contribution in [2.45, 2.75) is 214 Å². The Morgan fingerprint density at radius 1 is 0.371 bits per heavy atom. The Balaban J connectivity index is 4.67. The molecule has 35 heavy (non-hydrogen) atoms. The third kappa shape index (κ3) is 17.1. The van der Waals surface area contributed by atoms with E-state index in [0.29, 0.717) is 0 Å². The van der Waals surface area contributed by atoms with Crippen LogP contribution in [0.2, 0.25) is 0 Å². The molecule has 0 aliphatic heterocycles. The largest absolute Gasteiger partial charge is 0.632 e. The fourth-order valence-electron chi connectivity index (χ4n) is 6.10. The molecule has 3 unspecified atom stereocenters. The number of rotatable bonds is 27. The molecule has 212 valence electrons. The Morgan fingerprint density at radius 3 is 0.800 bits per heavy atom. The van der Waals surface area contributed by atoms with E-state index in [-0.39, 0.29) is 22.8 Å². The number of hydrogen-bond donors (Lipinski definition) is 0. The van der Waals surface area contributed by atoms with Crippen LogP contribution in [0, 0.1) is 5.21 Å². The lowest BCUT2D eigenvalue weighted by molar-refractivity contribution is -0.947. The van der Waals surface area contributed by atoms with Crippen molar-refractivity contribution in [2.75, 3.05) is 0 Å². The van der Waals surface area contributed by atoms with Gasteiger partial charge in [0.25, 0.3) is 0 Å². The zero-order valence-electron chi connectivity index (χ0n) is 25.6. The minimum Gasteiger partial charge on any atom is -0.632 e. The Hall–Kier alpha value is -0.0800. The standard InChI is InChI=1S/C33H69NO/c1-7-10-13-16-19-22-25-28-31(4)34(35,32(5)29-26-23-20-17-14-11-8-2)33(6)30-27-24-21-18-15-12-9-3/h31-33H,7-30H2,1-6H3. The van der Waals surface area contributed by atoms with Crippen LogP contribution in [0.5, 0.6) is 0 Å². The summed E-state index contributed by atoms with van der Waals surface area (Å²) >= 11 is 0. The predicted octanol–water partition coefficient (Wildman–Crippen LogP) is 11.9. The molecule has 0 rings (SSSR count). The number of hydroxylamine groups is 3. The molecule has 0 aromatic rings. The Kier molecular flexibility index (Phi) is 24.2. The van der Waals surface area contributed by atoms with Crippen molar-refractivity contribution in [3.8, 4) is 0 Å². The molecule has 0 aromatic carbocycles. The molecule has 0 amide bonds. The van der Waals surface area contributed by atoms with Crippen LogP contribution in [0.15, 0.2) is 0 Å². The lowest BCUT2D eigenvalue weighted by Gasteiger charge is -2.56. The summed E-state index contributed by atoms with van der Waals surface area (Å²) in [6.45, 7) is 13.7. The molecule has 0 aromatic heterocycles. The number of hydrogen-bond acceptors (Lipinski definition) is 1. The minimum atomic E-state index is 0.0709. The molecule has 2 heteroatoms. The first-order chi connectivity index (χ1) is 16.9. The van der Waals surface area contributed by atoms with Gasteiger partial charge in [0.15, 0.2) is 0 Å². The maximum absolute atomic E-state index is 14.6. The molecule has 0 spiro atoms. The van der Waals surface area contributed by atoms with Gasteiger partial charge in [-0.15, -0.1) is 0 Å². The predicted molar refractivity (Wildman–Crippen MR) is 160 cm³/mol. The van der Waals surface area contributed by atoms with Crippen LogP contribution in [0.4, 0.5) is 0 Å². The van der Waals surface area contributed by atoms with Gasteiger partial charge in [-0.3, -0.25) is 0 Å². The molecule has 3 atom stereocenters. The molecule has 0 radical (unpaired) electrons. The first-order valence-corrected chi connectivity index (χ1v) is 16.5. The molecule has 0 aliphatic rings. The van der Waals surface area contributed by atoms with Crippen LogP contribution in [0.3, 0.4) is 0 Å². The number of quaternary nitrogens is 1. The summed E-state index contributed by atoms with van der Waals surface area (Å²) in [5, 5.41) is 14.6. The van der Waals surface area contributed by atoms with Crippen molar-refractivity contribution in [1.29, 1.82) is 0 Å². The third-order valence-corrected chi connectivity index (χ3v) is 8.74. The third-order valence-electron chi connectivity index (χ3n) is 8.74. The molecular weight excluding hydrogens is 426 g/mol. The van der Waals surface area contributed by atoms with E-state index in [2.05, 4.69) is 41.5 Å². The van der Waals surface area contributed by atoms with Crippen LogP contribution in [0.1, 0.15) is 196 Å². The second-order valence-electron chi connectivity index (χ2n) is 12.0. The Bertz CT molecular complexity index is 364. The Morgan fingerprint density at radius 2 is 0.571 bits per heavy atom. The van der Waals surface area contributed by atoms with Gasteiger partial charge in [-0.25, -0.2) is 0 Å². The summed E-state index contributed by atoms with van der Waals surface area (Å²) in [7, 11) is 0. The van der Waals surface area contributed by atoms with Gasteiger partial charge in [0.1, 0.15) is 0 Å². The summed E-state index contributed by atoms with van der Waals surface area (Å²) in [5.74, 6) is 0. The minimum absolute atomic E-state index is 0.0709. The van der Waals surface area contributed by atoms with Gasteiger partial charge in [-0.2, -0.15) is 0 Å². The number of unbranched alkanes of at least 4 members (excludes halogenated alkanes) is 18. The van der Waals surface area contributed by atoms with Crippen LogP contribution in [-0.4, -0.2) is 22.8 Å². The van der Waals surface area contributed by atoms with Gasteiger partial charge in [-0.1, -0.05) is 136 Å². The molecule has 2 nitrogen and oxygen atoms in total. The Labute approximate surface area is 223 Å². The molecular formula is C33H69NO. The van der Waals surface area contributed by atoms with Crippen LogP contribution >= 0.6 is 0 Å². The van der Waals surface area contributed by atoms with Gasteiger partial charge >= 0.3 is 0 Å². The van der Waals surface area contributed by atoms with Crippen molar-refractivity contribution < 1.29 is 4.65 Å². The summed E-state index contributed by atoms with van der Waals surface area (Å²) in [6, 6.07) is 0.722. The van der Waals surface area contributed by atoms with Crippen LogP contribution in [0.25, 0.3) is 0 Å². The quantitative estimate of drug-likeness (QED) is 0.0631. The van der Waals surface area contributed by atoms with Crippen molar-refractivity contribution in [1.82, 2.24) is 0 Å². The topological polar surface area (TPSA) is 23.1 Å². The van der Waals surface area contributed by atoms with E-state index in [4.69, 9.17) is 0 Å². The van der Waals surface area contributed by atoms with Gasteiger partial charge in [-0.05, 0) is 59.3 Å². The summed E-state index contributed by atoms with van der Waals surface area (Å²) in [6.07, 6.45) is 31.4. The lowest BCUT2D eigenvalue weighted by atomic mass is 9.96. The van der Waals surface area contributed by atoms with Crippen molar-refractivity contribution in [3.05, 3.63) is 5.21 Å². The van der Waals surface area contributed by atoms with E-state index in [1.54, 1.807) is 0 Å². The molecule has 0 heterocycles. The van der Waals surface area contributed by atoms with E-state index in [9.17, 15) is 5.21 Å². The molecule has 0 N–H and O–H groups in total. The maximum Gasteiger partial charge on any atom is 0.0862 e.